The van der Waals surface area contributed by atoms with Gasteiger partial charge in [-0.2, -0.15) is 0 Å². The summed E-state index contributed by atoms with van der Waals surface area (Å²) in [5.74, 6) is 1.98. The summed E-state index contributed by atoms with van der Waals surface area (Å²) in [4.78, 5) is 2.94. The van der Waals surface area contributed by atoms with Crippen LogP contribution in [-0.2, 0) is 0 Å². The molecular weight excluding hydrogens is 244 g/mol. The van der Waals surface area contributed by atoms with Crippen LogP contribution in [0, 0.1) is 11.8 Å². The molecule has 0 aromatic rings. The fourth-order valence-electron chi connectivity index (χ4n) is 5.26. The second-order valence-corrected chi connectivity index (χ2v) is 7.80. The molecule has 20 heavy (non-hydrogen) atoms. The van der Waals surface area contributed by atoms with E-state index >= 15 is 0 Å². The third-order valence-corrected chi connectivity index (χ3v) is 6.13. The van der Waals surface area contributed by atoms with Gasteiger partial charge in [-0.15, -0.1) is 0 Å². The van der Waals surface area contributed by atoms with Gasteiger partial charge in [-0.05, 0) is 56.9 Å². The van der Waals surface area contributed by atoms with Crippen LogP contribution in [0.15, 0.2) is 0 Å². The first-order valence-corrected chi connectivity index (χ1v) is 9.25. The minimum absolute atomic E-state index is 0.803. The average Bonchev–Trinajstić information content (AvgIpc) is 2.40. The van der Waals surface area contributed by atoms with Gasteiger partial charge in [0.2, 0.25) is 0 Å². The molecule has 4 atom stereocenters. The van der Waals surface area contributed by atoms with Gasteiger partial charge in [0.05, 0.1) is 0 Å². The van der Waals surface area contributed by atoms with Gasteiger partial charge in [0.15, 0.2) is 0 Å². The van der Waals surface area contributed by atoms with Crippen molar-refractivity contribution in [2.75, 3.05) is 13.1 Å². The van der Waals surface area contributed by atoms with Crippen molar-refractivity contribution in [2.24, 2.45) is 11.8 Å². The Labute approximate surface area is 125 Å². The SMILES string of the molecule is CCNC1CC2CCCC(C1)N2CC1CCCC(C)C1. The zero-order valence-corrected chi connectivity index (χ0v) is 13.6. The molecule has 3 rings (SSSR count). The molecule has 0 aromatic carbocycles. The summed E-state index contributed by atoms with van der Waals surface area (Å²) in [5, 5.41) is 3.72. The van der Waals surface area contributed by atoms with Crippen molar-refractivity contribution in [3.05, 3.63) is 0 Å². The lowest BCUT2D eigenvalue weighted by Gasteiger charge is -2.50. The minimum Gasteiger partial charge on any atom is -0.314 e. The number of rotatable bonds is 4. The van der Waals surface area contributed by atoms with Gasteiger partial charge < -0.3 is 5.32 Å². The van der Waals surface area contributed by atoms with Crippen molar-refractivity contribution in [3.8, 4) is 0 Å². The normalized spacial score (nSPS) is 42.6. The molecule has 2 aliphatic heterocycles. The second kappa shape index (κ2) is 6.79. The summed E-state index contributed by atoms with van der Waals surface area (Å²) >= 11 is 0. The number of hydrogen-bond acceptors (Lipinski definition) is 2. The molecule has 3 fully saturated rings. The Hall–Kier alpha value is -0.0800. The van der Waals surface area contributed by atoms with Crippen molar-refractivity contribution in [3.63, 3.8) is 0 Å². The molecular formula is C18H34N2. The predicted octanol–water partition coefficient (Wildman–Crippen LogP) is 3.81. The van der Waals surface area contributed by atoms with E-state index in [9.17, 15) is 0 Å². The van der Waals surface area contributed by atoms with E-state index in [1.165, 1.54) is 64.3 Å². The summed E-state index contributed by atoms with van der Waals surface area (Å²) < 4.78 is 0. The number of fused-ring (bicyclic) bond motifs is 2. The molecule has 0 spiro atoms. The van der Waals surface area contributed by atoms with Crippen molar-refractivity contribution in [1.82, 2.24) is 10.2 Å². The van der Waals surface area contributed by atoms with Gasteiger partial charge in [0.25, 0.3) is 0 Å². The topological polar surface area (TPSA) is 15.3 Å². The van der Waals surface area contributed by atoms with Crippen LogP contribution in [0.1, 0.15) is 71.6 Å². The molecule has 2 bridgehead atoms. The Morgan fingerprint density at radius 3 is 2.30 bits per heavy atom. The second-order valence-electron chi connectivity index (χ2n) is 7.80. The number of hydrogen-bond donors (Lipinski definition) is 1. The maximum absolute atomic E-state index is 3.72. The molecule has 2 saturated heterocycles. The largest absolute Gasteiger partial charge is 0.314 e. The molecule has 3 aliphatic rings. The van der Waals surface area contributed by atoms with E-state index in [4.69, 9.17) is 0 Å². The Balaban J connectivity index is 1.58. The van der Waals surface area contributed by atoms with Crippen LogP contribution < -0.4 is 5.32 Å². The number of nitrogens with zero attached hydrogens (tertiary/aromatic N) is 1. The monoisotopic (exact) mass is 278 g/mol. The summed E-state index contributed by atoms with van der Waals surface area (Å²) in [6.07, 6.45) is 13.2. The van der Waals surface area contributed by atoms with Gasteiger partial charge >= 0.3 is 0 Å². The van der Waals surface area contributed by atoms with Crippen LogP contribution in [0.25, 0.3) is 0 Å². The van der Waals surface area contributed by atoms with Gasteiger partial charge in [-0.1, -0.05) is 33.1 Å². The van der Waals surface area contributed by atoms with Gasteiger partial charge in [0, 0.05) is 24.7 Å². The predicted molar refractivity (Wildman–Crippen MR) is 86.0 cm³/mol. The molecule has 0 amide bonds. The van der Waals surface area contributed by atoms with Crippen molar-refractivity contribution >= 4 is 0 Å². The highest BCUT2D eigenvalue weighted by molar-refractivity contribution is 4.95. The molecule has 1 saturated carbocycles. The van der Waals surface area contributed by atoms with Gasteiger partial charge in [-0.3, -0.25) is 4.90 Å². The van der Waals surface area contributed by atoms with E-state index in [2.05, 4.69) is 24.1 Å². The van der Waals surface area contributed by atoms with E-state index in [-0.39, 0.29) is 0 Å². The first-order chi connectivity index (χ1) is 9.76. The summed E-state index contributed by atoms with van der Waals surface area (Å²) in [6.45, 7) is 7.28. The maximum Gasteiger partial charge on any atom is 0.0113 e. The first kappa shape index (κ1) is 14.8. The third kappa shape index (κ3) is 3.39. The van der Waals surface area contributed by atoms with Gasteiger partial charge in [-0.25, -0.2) is 0 Å². The van der Waals surface area contributed by atoms with Crippen LogP contribution in [-0.4, -0.2) is 36.1 Å². The molecule has 2 heterocycles. The van der Waals surface area contributed by atoms with E-state index in [1.807, 2.05) is 0 Å². The van der Waals surface area contributed by atoms with Crippen LogP contribution in [0.4, 0.5) is 0 Å². The molecule has 0 aromatic heterocycles. The maximum atomic E-state index is 3.72. The lowest BCUT2D eigenvalue weighted by molar-refractivity contribution is 0.00560. The smallest absolute Gasteiger partial charge is 0.0113 e. The summed E-state index contributed by atoms with van der Waals surface area (Å²) in [6, 6.07) is 2.59. The summed E-state index contributed by atoms with van der Waals surface area (Å²) in [5.41, 5.74) is 0. The Morgan fingerprint density at radius 2 is 1.65 bits per heavy atom. The zero-order chi connectivity index (χ0) is 13.9. The molecule has 116 valence electrons. The van der Waals surface area contributed by atoms with E-state index < -0.39 is 0 Å². The van der Waals surface area contributed by atoms with Crippen LogP contribution in [0.5, 0.6) is 0 Å². The molecule has 4 unspecified atom stereocenters. The molecule has 2 nitrogen and oxygen atoms in total. The Bertz CT molecular complexity index is 290. The zero-order valence-electron chi connectivity index (χ0n) is 13.6. The minimum atomic E-state index is 0.803. The van der Waals surface area contributed by atoms with Gasteiger partial charge in [0.1, 0.15) is 0 Å². The molecule has 1 N–H and O–H groups in total. The van der Waals surface area contributed by atoms with Crippen molar-refractivity contribution < 1.29 is 0 Å². The standard InChI is InChI=1S/C18H34N2/c1-3-19-16-11-17-8-5-9-18(12-16)20(17)13-15-7-4-6-14(2)10-15/h14-19H,3-13H2,1-2H3. The number of nitrogens with one attached hydrogen (secondary N) is 1. The van der Waals surface area contributed by atoms with Crippen LogP contribution in [0.2, 0.25) is 0 Å². The van der Waals surface area contributed by atoms with Crippen molar-refractivity contribution in [1.29, 1.82) is 0 Å². The first-order valence-electron chi connectivity index (χ1n) is 9.25. The molecule has 0 radical (unpaired) electrons. The quantitative estimate of drug-likeness (QED) is 0.841. The van der Waals surface area contributed by atoms with E-state index in [1.54, 1.807) is 0 Å². The number of piperidine rings is 2. The highest BCUT2D eigenvalue weighted by Crippen LogP contribution is 2.37. The fraction of sp³-hybridized carbons (Fsp3) is 1.00. The highest BCUT2D eigenvalue weighted by Gasteiger charge is 2.38. The van der Waals surface area contributed by atoms with E-state index in [0.29, 0.717) is 0 Å². The molecule has 1 aliphatic carbocycles. The fourth-order valence-corrected chi connectivity index (χ4v) is 5.26. The molecule has 2 heteroatoms. The third-order valence-electron chi connectivity index (χ3n) is 6.13. The van der Waals surface area contributed by atoms with E-state index in [0.717, 1.165) is 36.5 Å². The Morgan fingerprint density at radius 1 is 0.950 bits per heavy atom. The summed E-state index contributed by atoms with van der Waals surface area (Å²) in [7, 11) is 0. The lowest BCUT2D eigenvalue weighted by Crippen LogP contribution is -2.57. The average molecular weight is 278 g/mol. The van der Waals surface area contributed by atoms with Crippen molar-refractivity contribution in [2.45, 2.75) is 89.8 Å². The van der Waals surface area contributed by atoms with Crippen LogP contribution >= 0.6 is 0 Å². The lowest BCUT2D eigenvalue weighted by atomic mass is 9.78. The Kier molecular flexibility index (Phi) is 5.04. The highest BCUT2D eigenvalue weighted by atomic mass is 15.2. The van der Waals surface area contributed by atoms with Crippen LogP contribution in [0.3, 0.4) is 0 Å².